The normalized spacial score (nSPS) is 12.4. The van der Waals surface area contributed by atoms with Crippen molar-refractivity contribution in [2.24, 2.45) is 0 Å². The number of rotatable bonds is 4. The first-order valence-electron chi connectivity index (χ1n) is 7.50. The van der Waals surface area contributed by atoms with Gasteiger partial charge in [-0.1, -0.05) is 11.6 Å². The molecular formula is C16H14ClN3O6S. The second-order valence-electron chi connectivity index (χ2n) is 5.55. The van der Waals surface area contributed by atoms with Crippen LogP contribution in [0, 0.1) is 0 Å². The molecule has 27 heavy (non-hydrogen) atoms. The third-order valence-electron chi connectivity index (χ3n) is 3.45. The van der Waals surface area contributed by atoms with Crippen LogP contribution in [0.15, 0.2) is 36.4 Å². The smallest absolute Gasteiger partial charge is 0.269 e. The summed E-state index contributed by atoms with van der Waals surface area (Å²) in [6.45, 7) is 0.0809. The number of ether oxygens (including phenoxy) is 2. The van der Waals surface area contributed by atoms with Crippen LogP contribution < -0.4 is 25.0 Å². The van der Waals surface area contributed by atoms with E-state index in [-0.39, 0.29) is 28.6 Å². The largest absolute Gasteiger partial charge is 0.454 e. The van der Waals surface area contributed by atoms with E-state index in [4.69, 9.17) is 21.1 Å². The van der Waals surface area contributed by atoms with Crippen LogP contribution in [0.25, 0.3) is 0 Å². The van der Waals surface area contributed by atoms with Crippen LogP contribution in [0.2, 0.25) is 5.02 Å². The van der Waals surface area contributed by atoms with Gasteiger partial charge in [-0.15, -0.1) is 0 Å². The highest BCUT2D eigenvalue weighted by molar-refractivity contribution is 7.92. The average Bonchev–Trinajstić information content (AvgIpc) is 3.07. The Balaban J connectivity index is 1.67. The molecule has 2 aromatic carbocycles. The number of fused-ring (bicyclic) bond motifs is 1. The molecule has 1 heterocycles. The van der Waals surface area contributed by atoms with Gasteiger partial charge < -0.3 is 9.47 Å². The molecule has 0 saturated carbocycles. The Labute approximate surface area is 159 Å². The van der Waals surface area contributed by atoms with Crippen molar-refractivity contribution in [3.05, 3.63) is 52.5 Å². The van der Waals surface area contributed by atoms with E-state index in [2.05, 4.69) is 15.6 Å². The number of halogens is 1. The van der Waals surface area contributed by atoms with Gasteiger partial charge >= 0.3 is 0 Å². The lowest BCUT2D eigenvalue weighted by molar-refractivity contribution is 0.0846. The summed E-state index contributed by atoms with van der Waals surface area (Å²) in [5.41, 5.74) is 4.91. The Hall–Kier alpha value is -2.98. The molecule has 0 aromatic heterocycles. The summed E-state index contributed by atoms with van der Waals surface area (Å²) in [6.07, 6.45) is 0.960. The van der Waals surface area contributed by atoms with Crippen molar-refractivity contribution in [2.75, 3.05) is 17.8 Å². The van der Waals surface area contributed by atoms with Crippen molar-refractivity contribution < 1.29 is 27.5 Å². The zero-order valence-corrected chi connectivity index (χ0v) is 15.5. The lowest BCUT2D eigenvalue weighted by Gasteiger charge is -2.10. The third kappa shape index (κ3) is 4.60. The minimum Gasteiger partial charge on any atom is -0.454 e. The Morgan fingerprint density at radius 2 is 1.56 bits per heavy atom. The van der Waals surface area contributed by atoms with Gasteiger partial charge in [-0.2, -0.15) is 0 Å². The van der Waals surface area contributed by atoms with Gasteiger partial charge in [0, 0.05) is 11.1 Å². The maximum atomic E-state index is 12.2. The highest BCUT2D eigenvalue weighted by Crippen LogP contribution is 2.32. The molecule has 0 atom stereocenters. The quantitative estimate of drug-likeness (QED) is 0.655. The van der Waals surface area contributed by atoms with E-state index in [0.29, 0.717) is 11.5 Å². The van der Waals surface area contributed by atoms with Crippen molar-refractivity contribution in [3.63, 3.8) is 0 Å². The molecule has 11 heteroatoms. The topological polar surface area (TPSA) is 123 Å². The zero-order chi connectivity index (χ0) is 19.6. The summed E-state index contributed by atoms with van der Waals surface area (Å²) in [5, 5.41) is 0.126. The predicted molar refractivity (Wildman–Crippen MR) is 97.4 cm³/mol. The van der Waals surface area contributed by atoms with Crippen LogP contribution in [0.4, 0.5) is 5.69 Å². The summed E-state index contributed by atoms with van der Waals surface area (Å²) in [4.78, 5) is 24.4. The minimum absolute atomic E-state index is 0.0499. The number of hydrogen-bond donors (Lipinski definition) is 3. The standard InChI is InChI=1S/C16H14ClN3O6S/c1-27(23,24)20-12-6-9(2-4-11(12)17)15(21)18-19-16(22)10-3-5-13-14(7-10)26-8-25-13/h2-7,20H,8H2,1H3,(H,18,21)(H,19,22). The molecule has 1 aliphatic rings. The monoisotopic (exact) mass is 411 g/mol. The van der Waals surface area contributed by atoms with Crippen LogP contribution in [-0.2, 0) is 10.0 Å². The van der Waals surface area contributed by atoms with E-state index >= 15 is 0 Å². The maximum absolute atomic E-state index is 12.2. The minimum atomic E-state index is -3.57. The van der Waals surface area contributed by atoms with E-state index in [1.807, 2.05) is 0 Å². The van der Waals surface area contributed by atoms with E-state index in [1.54, 1.807) is 6.07 Å². The van der Waals surface area contributed by atoms with Crippen molar-refractivity contribution in [1.29, 1.82) is 0 Å². The Morgan fingerprint density at radius 1 is 0.963 bits per heavy atom. The van der Waals surface area contributed by atoms with E-state index in [1.165, 1.54) is 30.3 Å². The number of amides is 2. The molecule has 2 amide bonds. The number of carbonyl (C=O) groups excluding carboxylic acids is 2. The van der Waals surface area contributed by atoms with Gasteiger partial charge in [0.05, 0.1) is 17.0 Å². The second-order valence-corrected chi connectivity index (χ2v) is 7.70. The van der Waals surface area contributed by atoms with E-state index in [0.717, 1.165) is 6.26 Å². The molecule has 0 fully saturated rings. The molecule has 3 N–H and O–H groups in total. The lowest BCUT2D eigenvalue weighted by Crippen LogP contribution is -2.41. The summed E-state index contributed by atoms with van der Waals surface area (Å²) >= 11 is 5.91. The van der Waals surface area contributed by atoms with Gasteiger partial charge in [0.2, 0.25) is 16.8 Å². The van der Waals surface area contributed by atoms with Gasteiger partial charge in [-0.25, -0.2) is 8.42 Å². The first-order chi connectivity index (χ1) is 12.7. The zero-order valence-electron chi connectivity index (χ0n) is 13.9. The molecule has 9 nitrogen and oxygen atoms in total. The molecule has 142 valence electrons. The van der Waals surface area contributed by atoms with Gasteiger partial charge in [0.25, 0.3) is 11.8 Å². The molecule has 0 saturated heterocycles. The molecule has 1 aliphatic heterocycles. The Bertz CT molecular complexity index is 1020. The molecule has 2 aromatic rings. The van der Waals surface area contributed by atoms with Gasteiger partial charge in [-0.05, 0) is 36.4 Å². The summed E-state index contributed by atoms with van der Waals surface area (Å²) < 4.78 is 35.2. The van der Waals surface area contributed by atoms with Gasteiger partial charge in [-0.3, -0.25) is 25.2 Å². The number of carbonyl (C=O) groups is 2. The molecule has 0 bridgehead atoms. The van der Waals surface area contributed by atoms with Crippen molar-refractivity contribution in [2.45, 2.75) is 0 Å². The molecular weight excluding hydrogens is 398 g/mol. The van der Waals surface area contributed by atoms with Crippen molar-refractivity contribution >= 4 is 39.1 Å². The summed E-state index contributed by atoms with van der Waals surface area (Å²) in [7, 11) is -3.57. The molecule has 0 radical (unpaired) electrons. The highest BCUT2D eigenvalue weighted by Gasteiger charge is 2.17. The fourth-order valence-electron chi connectivity index (χ4n) is 2.24. The number of anilines is 1. The number of benzene rings is 2. The van der Waals surface area contributed by atoms with Crippen molar-refractivity contribution in [1.82, 2.24) is 10.9 Å². The van der Waals surface area contributed by atoms with Crippen LogP contribution in [0.3, 0.4) is 0 Å². The third-order valence-corrected chi connectivity index (χ3v) is 4.37. The first kappa shape index (κ1) is 18.8. The predicted octanol–water partition coefficient (Wildman–Crippen LogP) is 1.52. The number of sulfonamides is 1. The Morgan fingerprint density at radius 3 is 2.22 bits per heavy atom. The molecule has 3 rings (SSSR count). The number of hydrazine groups is 1. The molecule has 0 aliphatic carbocycles. The second kappa shape index (κ2) is 7.33. The van der Waals surface area contributed by atoms with Crippen LogP contribution >= 0.6 is 11.6 Å². The summed E-state index contributed by atoms with van der Waals surface area (Å²) in [6, 6.07) is 8.60. The number of hydrogen-bond acceptors (Lipinski definition) is 6. The SMILES string of the molecule is CS(=O)(=O)Nc1cc(C(=O)NNC(=O)c2ccc3c(c2)OCO3)ccc1Cl. The van der Waals surface area contributed by atoms with E-state index < -0.39 is 21.8 Å². The van der Waals surface area contributed by atoms with Crippen LogP contribution in [0.5, 0.6) is 11.5 Å². The highest BCUT2D eigenvalue weighted by atomic mass is 35.5. The summed E-state index contributed by atoms with van der Waals surface area (Å²) in [5.74, 6) is -0.256. The fourth-order valence-corrected chi connectivity index (χ4v) is 3.03. The molecule has 0 spiro atoms. The van der Waals surface area contributed by atoms with Crippen LogP contribution in [0.1, 0.15) is 20.7 Å². The van der Waals surface area contributed by atoms with Crippen molar-refractivity contribution in [3.8, 4) is 11.5 Å². The fraction of sp³-hybridized carbons (Fsp3) is 0.125. The first-order valence-corrected chi connectivity index (χ1v) is 9.77. The molecule has 0 unspecified atom stereocenters. The average molecular weight is 412 g/mol. The van der Waals surface area contributed by atoms with Crippen LogP contribution in [-0.4, -0.2) is 33.3 Å². The van der Waals surface area contributed by atoms with Gasteiger partial charge in [0.1, 0.15) is 0 Å². The van der Waals surface area contributed by atoms with Gasteiger partial charge in [0.15, 0.2) is 11.5 Å². The Kier molecular flexibility index (Phi) is 5.10. The maximum Gasteiger partial charge on any atom is 0.269 e. The van der Waals surface area contributed by atoms with E-state index in [9.17, 15) is 18.0 Å². The lowest BCUT2D eigenvalue weighted by atomic mass is 10.2. The number of nitrogens with one attached hydrogen (secondary N) is 3.